The summed E-state index contributed by atoms with van der Waals surface area (Å²) >= 11 is 0. The van der Waals surface area contributed by atoms with Crippen molar-refractivity contribution < 1.29 is 30.8 Å². The highest BCUT2D eigenvalue weighted by molar-refractivity contribution is 7.89. The van der Waals surface area contributed by atoms with Crippen LogP contribution in [0.15, 0.2) is 59.6 Å². The van der Waals surface area contributed by atoms with Gasteiger partial charge < -0.3 is 5.32 Å². The molecule has 1 N–H and O–H groups in total. The minimum Gasteiger partial charge on any atom is -0.350 e. The highest BCUT2D eigenvalue weighted by Crippen LogP contribution is 2.30. The molecule has 36 heavy (non-hydrogen) atoms. The Morgan fingerprint density at radius 2 is 1.81 bits per heavy atom. The average molecular weight is 521 g/mol. The van der Waals surface area contributed by atoms with E-state index in [-0.39, 0.29) is 35.8 Å². The molecule has 0 saturated carbocycles. The van der Waals surface area contributed by atoms with Crippen LogP contribution < -0.4 is 5.32 Å². The smallest absolute Gasteiger partial charge is 0.350 e. The standard InChI is InChI=1S/C23H19F4N5O3S/c24-17-5-9-19(10-6-17)36(34,35)32-11-1-2-21(32)22(33)29-13-15-14-31(30-20(15)12-28)18-7-3-16(4-8-18)23(25,26)27/h3-10,14,21H,1-2,11,13H2,(H,29,33)/t21-/m0/s1. The van der Waals surface area contributed by atoms with Crippen molar-refractivity contribution in [2.45, 2.75) is 36.5 Å². The van der Waals surface area contributed by atoms with Gasteiger partial charge in [-0.25, -0.2) is 17.5 Å². The van der Waals surface area contributed by atoms with Crippen LogP contribution in [0.2, 0.25) is 0 Å². The molecule has 1 aliphatic rings. The fourth-order valence-corrected chi connectivity index (χ4v) is 5.56. The van der Waals surface area contributed by atoms with Crippen LogP contribution in [0.5, 0.6) is 0 Å². The van der Waals surface area contributed by atoms with Crippen molar-refractivity contribution in [3.05, 3.63) is 77.4 Å². The molecule has 3 aromatic rings. The fourth-order valence-electron chi connectivity index (χ4n) is 3.90. The summed E-state index contributed by atoms with van der Waals surface area (Å²) in [6, 6.07) is 9.38. The zero-order chi connectivity index (χ0) is 26.1. The Morgan fingerprint density at radius 1 is 1.14 bits per heavy atom. The third-order valence-corrected chi connectivity index (χ3v) is 7.66. The van der Waals surface area contributed by atoms with Crippen molar-refractivity contribution in [2.75, 3.05) is 6.54 Å². The third kappa shape index (κ3) is 5.09. The number of sulfonamides is 1. The van der Waals surface area contributed by atoms with E-state index in [9.17, 15) is 36.0 Å². The van der Waals surface area contributed by atoms with Crippen molar-refractivity contribution in [1.82, 2.24) is 19.4 Å². The van der Waals surface area contributed by atoms with Crippen LogP contribution in [-0.2, 0) is 27.5 Å². The third-order valence-electron chi connectivity index (χ3n) is 5.73. The predicted molar refractivity (Wildman–Crippen MR) is 118 cm³/mol. The minimum absolute atomic E-state index is 0.0441. The molecule has 0 bridgehead atoms. The van der Waals surface area contributed by atoms with Gasteiger partial charge in [-0.05, 0) is 61.4 Å². The lowest BCUT2D eigenvalue weighted by Crippen LogP contribution is -2.45. The number of carbonyl (C=O) groups is 1. The zero-order valence-electron chi connectivity index (χ0n) is 18.5. The van der Waals surface area contributed by atoms with Crippen LogP contribution in [-0.4, -0.2) is 41.0 Å². The van der Waals surface area contributed by atoms with Crippen LogP contribution in [0, 0.1) is 17.1 Å². The van der Waals surface area contributed by atoms with Gasteiger partial charge >= 0.3 is 6.18 Å². The second-order valence-corrected chi connectivity index (χ2v) is 9.94. The Morgan fingerprint density at radius 3 is 2.42 bits per heavy atom. The van der Waals surface area contributed by atoms with Crippen molar-refractivity contribution in [2.24, 2.45) is 0 Å². The summed E-state index contributed by atoms with van der Waals surface area (Å²) in [4.78, 5) is 12.7. The van der Waals surface area contributed by atoms with Gasteiger partial charge in [-0.2, -0.15) is 27.8 Å². The maximum Gasteiger partial charge on any atom is 0.416 e. The van der Waals surface area contributed by atoms with E-state index < -0.39 is 39.5 Å². The quantitative estimate of drug-likeness (QED) is 0.501. The number of amides is 1. The summed E-state index contributed by atoms with van der Waals surface area (Å²) in [5.74, 6) is -1.17. The van der Waals surface area contributed by atoms with Gasteiger partial charge in [0.2, 0.25) is 15.9 Å². The first-order valence-electron chi connectivity index (χ1n) is 10.7. The Kier molecular flexibility index (Phi) is 6.83. The number of hydrogen-bond donors (Lipinski definition) is 1. The molecule has 0 radical (unpaired) electrons. The summed E-state index contributed by atoms with van der Waals surface area (Å²) in [5.41, 5.74) is -0.290. The molecule has 8 nitrogen and oxygen atoms in total. The number of carbonyl (C=O) groups excluding carboxylic acids is 1. The predicted octanol–water partition coefficient (Wildman–Crippen LogP) is 3.37. The van der Waals surface area contributed by atoms with E-state index in [0.717, 1.165) is 40.7 Å². The molecular weight excluding hydrogens is 502 g/mol. The molecule has 0 unspecified atom stereocenters. The van der Waals surface area contributed by atoms with E-state index in [4.69, 9.17) is 0 Å². The Labute approximate surface area is 203 Å². The van der Waals surface area contributed by atoms with Gasteiger partial charge in [0.25, 0.3) is 0 Å². The molecule has 1 aliphatic heterocycles. The van der Waals surface area contributed by atoms with Crippen molar-refractivity contribution in [1.29, 1.82) is 5.26 Å². The van der Waals surface area contributed by atoms with Crippen molar-refractivity contribution in [3.8, 4) is 11.8 Å². The molecule has 1 aromatic heterocycles. The first kappa shape index (κ1) is 25.3. The largest absolute Gasteiger partial charge is 0.416 e. The van der Waals surface area contributed by atoms with Crippen LogP contribution in [0.1, 0.15) is 29.7 Å². The molecule has 1 atom stereocenters. The molecule has 188 valence electrons. The van der Waals surface area contributed by atoms with Gasteiger partial charge in [-0.3, -0.25) is 4.79 Å². The molecule has 1 amide bonds. The van der Waals surface area contributed by atoms with Crippen LogP contribution in [0.4, 0.5) is 17.6 Å². The summed E-state index contributed by atoms with van der Waals surface area (Å²) in [6.07, 6.45) is -2.35. The lowest BCUT2D eigenvalue weighted by atomic mass is 10.2. The normalized spacial score (nSPS) is 16.6. The summed E-state index contributed by atoms with van der Waals surface area (Å²) < 4.78 is 79.9. The topological polar surface area (TPSA) is 108 Å². The molecule has 2 heterocycles. The lowest BCUT2D eigenvalue weighted by molar-refractivity contribution is -0.137. The average Bonchev–Trinajstić information content (AvgIpc) is 3.50. The molecule has 1 fully saturated rings. The van der Waals surface area contributed by atoms with Crippen molar-refractivity contribution in [3.63, 3.8) is 0 Å². The summed E-state index contributed by atoms with van der Waals surface area (Å²) in [6.45, 7) is -0.0314. The maximum atomic E-state index is 13.2. The van der Waals surface area contributed by atoms with Gasteiger partial charge in [-0.15, -0.1) is 0 Å². The number of aromatic nitrogens is 2. The minimum atomic E-state index is -4.49. The van der Waals surface area contributed by atoms with E-state index >= 15 is 0 Å². The van der Waals surface area contributed by atoms with Gasteiger partial charge in [-0.1, -0.05) is 0 Å². The SMILES string of the molecule is N#Cc1nn(-c2ccc(C(F)(F)F)cc2)cc1CNC(=O)[C@@H]1CCCN1S(=O)(=O)c1ccc(F)cc1. The molecule has 13 heteroatoms. The zero-order valence-corrected chi connectivity index (χ0v) is 19.4. The number of nitriles is 1. The van der Waals surface area contributed by atoms with Crippen LogP contribution >= 0.6 is 0 Å². The summed E-state index contributed by atoms with van der Waals surface area (Å²) in [5, 5.41) is 16.1. The molecule has 0 spiro atoms. The van der Waals surface area contributed by atoms with E-state index in [1.807, 2.05) is 6.07 Å². The number of benzene rings is 2. The van der Waals surface area contributed by atoms with Crippen LogP contribution in [0.3, 0.4) is 0 Å². The van der Waals surface area contributed by atoms with Gasteiger partial charge in [0.1, 0.15) is 17.9 Å². The van der Waals surface area contributed by atoms with E-state index in [1.54, 1.807) is 0 Å². The number of halogens is 4. The van der Waals surface area contributed by atoms with Crippen LogP contribution in [0.25, 0.3) is 5.69 Å². The first-order valence-corrected chi connectivity index (χ1v) is 12.2. The van der Waals surface area contributed by atoms with Gasteiger partial charge in [0.15, 0.2) is 5.69 Å². The molecular formula is C23H19F4N5O3S. The number of rotatable bonds is 6. The Bertz CT molecular complexity index is 1410. The first-order chi connectivity index (χ1) is 17.0. The highest BCUT2D eigenvalue weighted by Gasteiger charge is 2.39. The molecule has 4 rings (SSSR count). The molecule has 0 aliphatic carbocycles. The second kappa shape index (κ2) is 9.71. The number of nitrogens with zero attached hydrogens (tertiary/aromatic N) is 4. The number of alkyl halides is 3. The highest BCUT2D eigenvalue weighted by atomic mass is 32.2. The second-order valence-electron chi connectivity index (χ2n) is 8.05. The Balaban J connectivity index is 1.48. The van der Waals surface area contributed by atoms with E-state index in [1.165, 1.54) is 23.0 Å². The summed E-state index contributed by atoms with van der Waals surface area (Å²) in [7, 11) is -4.03. The number of nitrogens with one attached hydrogen (secondary N) is 1. The molecule has 2 aromatic carbocycles. The lowest BCUT2D eigenvalue weighted by Gasteiger charge is -2.23. The Hall–Kier alpha value is -3.76. The van der Waals surface area contributed by atoms with Gasteiger partial charge in [0.05, 0.1) is 16.1 Å². The maximum absolute atomic E-state index is 13.2. The fraction of sp³-hybridized carbons (Fsp3) is 0.261. The number of hydrogen-bond acceptors (Lipinski definition) is 5. The van der Waals surface area contributed by atoms with Gasteiger partial charge in [0, 0.05) is 24.8 Å². The van der Waals surface area contributed by atoms with Crippen molar-refractivity contribution >= 4 is 15.9 Å². The van der Waals surface area contributed by atoms with E-state index in [2.05, 4.69) is 10.4 Å². The molecule has 1 saturated heterocycles. The monoisotopic (exact) mass is 521 g/mol. The van der Waals surface area contributed by atoms with E-state index in [0.29, 0.717) is 12.0 Å².